The number of amides is 1. The van der Waals surface area contributed by atoms with Crippen LogP contribution in [0.2, 0.25) is 0 Å². The normalized spacial score (nSPS) is 16.5. The number of pyridine rings is 2. The predicted molar refractivity (Wildman–Crippen MR) is 120 cm³/mol. The summed E-state index contributed by atoms with van der Waals surface area (Å²) < 4.78 is 4.03. The minimum absolute atomic E-state index is 0.0835. The van der Waals surface area contributed by atoms with Gasteiger partial charge in [0.25, 0.3) is 5.91 Å². The number of aromatic nitrogens is 4. The van der Waals surface area contributed by atoms with Gasteiger partial charge in [-0.15, -0.1) is 0 Å². The lowest BCUT2D eigenvalue weighted by atomic mass is 10.2. The highest BCUT2D eigenvalue weighted by atomic mass is 16.2. The van der Waals surface area contributed by atoms with Crippen LogP contribution in [0.1, 0.15) is 22.6 Å². The van der Waals surface area contributed by atoms with Gasteiger partial charge in [-0.2, -0.15) is 0 Å². The predicted octanol–water partition coefficient (Wildman–Crippen LogP) is 3.27. The van der Waals surface area contributed by atoms with Gasteiger partial charge in [-0.05, 0) is 57.8 Å². The van der Waals surface area contributed by atoms with Crippen LogP contribution in [0.3, 0.4) is 0 Å². The Labute approximate surface area is 181 Å². The third-order valence-corrected chi connectivity index (χ3v) is 6.13. The molecule has 0 unspecified atom stereocenters. The Bertz CT molecular complexity index is 1240. The lowest BCUT2D eigenvalue weighted by Gasteiger charge is -2.20. The summed E-state index contributed by atoms with van der Waals surface area (Å²) in [5, 5.41) is 0. The van der Waals surface area contributed by atoms with E-state index >= 15 is 0 Å². The van der Waals surface area contributed by atoms with E-state index in [0.29, 0.717) is 6.04 Å². The number of imidazole rings is 1. The standard InChI is InChI=1S/C24H26N6O/c1-17-26-20(16-30(17)23-9-4-6-11-25-23)22-14-19(21-8-5-7-12-29(21)22)24(31)28-13-10-18(15-28)27(2)3/h4-9,11-12,14,16,18H,10,13,15H2,1-3H3/t18-/m1/s1. The van der Waals surface area contributed by atoms with Crippen LogP contribution in [-0.4, -0.2) is 67.9 Å². The fourth-order valence-electron chi connectivity index (χ4n) is 4.36. The molecule has 1 saturated heterocycles. The smallest absolute Gasteiger partial charge is 0.256 e. The van der Waals surface area contributed by atoms with Crippen molar-refractivity contribution in [3.8, 4) is 17.2 Å². The van der Waals surface area contributed by atoms with E-state index in [1.165, 1.54) is 0 Å². The molecule has 7 nitrogen and oxygen atoms in total. The molecule has 31 heavy (non-hydrogen) atoms. The summed E-state index contributed by atoms with van der Waals surface area (Å²) in [6.45, 7) is 3.51. The Morgan fingerprint density at radius 1 is 1.16 bits per heavy atom. The van der Waals surface area contributed by atoms with Gasteiger partial charge in [0, 0.05) is 37.7 Å². The first kappa shape index (κ1) is 19.5. The van der Waals surface area contributed by atoms with Crippen LogP contribution in [0.4, 0.5) is 0 Å². The molecule has 0 radical (unpaired) electrons. The summed E-state index contributed by atoms with van der Waals surface area (Å²) in [5.74, 6) is 1.75. The van der Waals surface area contributed by atoms with Crippen LogP contribution in [0.25, 0.3) is 22.7 Å². The first-order chi connectivity index (χ1) is 15.0. The van der Waals surface area contributed by atoms with Gasteiger partial charge in [-0.3, -0.25) is 9.36 Å². The van der Waals surface area contributed by atoms with E-state index < -0.39 is 0 Å². The Balaban J connectivity index is 1.55. The molecule has 0 N–H and O–H groups in total. The van der Waals surface area contributed by atoms with E-state index in [9.17, 15) is 4.79 Å². The van der Waals surface area contributed by atoms with Crippen molar-refractivity contribution in [2.45, 2.75) is 19.4 Å². The zero-order chi connectivity index (χ0) is 21.5. The maximum atomic E-state index is 13.4. The first-order valence-electron chi connectivity index (χ1n) is 10.6. The summed E-state index contributed by atoms with van der Waals surface area (Å²) in [6.07, 6.45) is 6.75. The molecule has 0 bridgehead atoms. The number of aryl methyl sites for hydroxylation is 1. The van der Waals surface area contributed by atoms with Crippen molar-refractivity contribution in [2.75, 3.05) is 27.2 Å². The van der Waals surface area contributed by atoms with E-state index in [2.05, 4.69) is 28.4 Å². The van der Waals surface area contributed by atoms with Gasteiger partial charge < -0.3 is 14.2 Å². The number of carbonyl (C=O) groups excluding carboxylic acids is 1. The van der Waals surface area contributed by atoms with Crippen molar-refractivity contribution in [3.05, 3.63) is 72.4 Å². The summed E-state index contributed by atoms with van der Waals surface area (Å²) in [4.78, 5) is 26.8. The average molecular weight is 415 g/mol. The molecule has 1 fully saturated rings. The van der Waals surface area contributed by atoms with Crippen LogP contribution >= 0.6 is 0 Å². The van der Waals surface area contributed by atoms with Gasteiger partial charge in [0.15, 0.2) is 0 Å². The first-order valence-corrected chi connectivity index (χ1v) is 10.6. The molecule has 158 valence electrons. The highest BCUT2D eigenvalue weighted by Crippen LogP contribution is 2.28. The van der Waals surface area contributed by atoms with Crippen molar-refractivity contribution < 1.29 is 4.79 Å². The number of carbonyl (C=O) groups is 1. The van der Waals surface area contributed by atoms with Crippen molar-refractivity contribution >= 4 is 11.4 Å². The van der Waals surface area contributed by atoms with Gasteiger partial charge in [-0.1, -0.05) is 12.1 Å². The minimum atomic E-state index is 0.0835. The molecule has 4 aromatic heterocycles. The lowest BCUT2D eigenvalue weighted by molar-refractivity contribution is 0.0785. The molecule has 4 aromatic rings. The second-order valence-corrected chi connectivity index (χ2v) is 8.29. The van der Waals surface area contributed by atoms with Crippen LogP contribution in [0, 0.1) is 6.92 Å². The lowest BCUT2D eigenvalue weighted by Crippen LogP contribution is -2.34. The molecule has 1 amide bonds. The number of likely N-dealkylation sites (N-methyl/N-ethyl adjacent to an activating group) is 1. The van der Waals surface area contributed by atoms with E-state index in [4.69, 9.17) is 4.98 Å². The number of likely N-dealkylation sites (tertiary alicyclic amines) is 1. The Hall–Kier alpha value is -3.45. The van der Waals surface area contributed by atoms with Gasteiger partial charge >= 0.3 is 0 Å². The molecule has 5 heterocycles. The fraction of sp³-hybridized carbons (Fsp3) is 0.292. The van der Waals surface area contributed by atoms with Gasteiger partial charge in [0.1, 0.15) is 17.3 Å². The SMILES string of the molecule is Cc1nc(-c2cc(C(=O)N3CC[C@@H](N(C)C)C3)c3ccccn23)cn1-c1ccccn1. The minimum Gasteiger partial charge on any atom is -0.337 e. The molecule has 0 saturated carbocycles. The fourth-order valence-corrected chi connectivity index (χ4v) is 4.36. The summed E-state index contributed by atoms with van der Waals surface area (Å²) >= 11 is 0. The van der Waals surface area contributed by atoms with Crippen LogP contribution in [-0.2, 0) is 0 Å². The number of hydrogen-bond donors (Lipinski definition) is 0. The topological polar surface area (TPSA) is 58.7 Å². The average Bonchev–Trinajstić information content (AvgIpc) is 3.51. The summed E-state index contributed by atoms with van der Waals surface area (Å²) in [6, 6.07) is 14.2. The molecule has 1 atom stereocenters. The van der Waals surface area contributed by atoms with Crippen molar-refractivity contribution in [1.29, 1.82) is 0 Å². The quantitative estimate of drug-likeness (QED) is 0.514. The van der Waals surface area contributed by atoms with Crippen molar-refractivity contribution in [3.63, 3.8) is 0 Å². The maximum Gasteiger partial charge on any atom is 0.256 e. The van der Waals surface area contributed by atoms with Gasteiger partial charge in [0.2, 0.25) is 0 Å². The van der Waals surface area contributed by atoms with E-state index in [1.54, 1.807) is 6.20 Å². The molecule has 0 aromatic carbocycles. The Morgan fingerprint density at radius 3 is 2.74 bits per heavy atom. The molecular formula is C24H26N6O. The second kappa shape index (κ2) is 7.67. The van der Waals surface area contributed by atoms with Crippen LogP contribution in [0.5, 0.6) is 0 Å². The van der Waals surface area contributed by atoms with E-state index in [-0.39, 0.29) is 5.91 Å². The largest absolute Gasteiger partial charge is 0.337 e. The van der Waals surface area contributed by atoms with Crippen molar-refractivity contribution in [1.82, 2.24) is 28.7 Å². The Kier molecular flexibility index (Phi) is 4.82. The summed E-state index contributed by atoms with van der Waals surface area (Å²) in [7, 11) is 4.15. The second-order valence-electron chi connectivity index (χ2n) is 8.29. The number of hydrogen-bond acceptors (Lipinski definition) is 4. The summed E-state index contributed by atoms with van der Waals surface area (Å²) in [5.41, 5.74) is 3.34. The van der Waals surface area contributed by atoms with E-state index in [0.717, 1.165) is 53.6 Å². The van der Waals surface area contributed by atoms with Crippen LogP contribution in [0.15, 0.2) is 61.1 Å². The van der Waals surface area contributed by atoms with Gasteiger partial charge in [0.05, 0.1) is 16.8 Å². The third-order valence-electron chi connectivity index (χ3n) is 6.13. The zero-order valence-electron chi connectivity index (χ0n) is 18.1. The number of nitrogens with zero attached hydrogens (tertiary/aromatic N) is 6. The molecular weight excluding hydrogens is 388 g/mol. The molecule has 0 spiro atoms. The number of rotatable bonds is 4. The number of fused-ring (bicyclic) bond motifs is 1. The van der Waals surface area contributed by atoms with Gasteiger partial charge in [-0.25, -0.2) is 9.97 Å². The highest BCUT2D eigenvalue weighted by Gasteiger charge is 2.30. The Morgan fingerprint density at radius 2 is 2.00 bits per heavy atom. The van der Waals surface area contributed by atoms with Crippen LogP contribution < -0.4 is 0 Å². The zero-order valence-corrected chi connectivity index (χ0v) is 18.1. The monoisotopic (exact) mass is 414 g/mol. The third kappa shape index (κ3) is 3.41. The molecule has 0 aliphatic carbocycles. The maximum absolute atomic E-state index is 13.4. The molecule has 1 aliphatic heterocycles. The van der Waals surface area contributed by atoms with E-state index in [1.807, 2.05) is 71.2 Å². The highest BCUT2D eigenvalue weighted by molar-refractivity contribution is 6.03. The molecule has 1 aliphatic rings. The molecule has 7 heteroatoms. The van der Waals surface area contributed by atoms with Crippen molar-refractivity contribution in [2.24, 2.45) is 0 Å². The molecule has 5 rings (SSSR count).